The Kier molecular flexibility index (Phi) is 5.45. The van der Waals surface area contributed by atoms with E-state index in [1.165, 1.54) is 23.5 Å². The minimum atomic E-state index is -0.533. The zero-order chi connectivity index (χ0) is 17.6. The van der Waals surface area contributed by atoms with Crippen LogP contribution in [0.25, 0.3) is 0 Å². The minimum Gasteiger partial charge on any atom is -0.463 e. The van der Waals surface area contributed by atoms with Crippen LogP contribution in [0.4, 0.5) is 5.69 Å². The fraction of sp³-hybridized carbons (Fsp3) is 0.389. The van der Waals surface area contributed by atoms with Gasteiger partial charge in [0.05, 0.1) is 30.8 Å². The number of benzene rings is 1. The maximum atomic E-state index is 12.5. The highest BCUT2D eigenvalue weighted by molar-refractivity contribution is 5.98. The number of likely N-dealkylation sites (tertiary alicyclic amines) is 1. The van der Waals surface area contributed by atoms with E-state index in [9.17, 15) is 14.9 Å². The number of piperidine rings is 1. The molecule has 0 bridgehead atoms. The smallest absolute Gasteiger partial charge is 0.282 e. The molecule has 1 aliphatic rings. The first-order valence-corrected chi connectivity index (χ1v) is 8.56. The molecule has 0 aliphatic carbocycles. The Balaban J connectivity index is 1.73. The van der Waals surface area contributed by atoms with Gasteiger partial charge in [-0.2, -0.15) is 0 Å². The highest BCUT2D eigenvalue weighted by Gasteiger charge is 2.29. The molecule has 0 spiro atoms. The van der Waals surface area contributed by atoms with Crippen LogP contribution >= 0.6 is 0 Å². The molecule has 7 nitrogen and oxygen atoms in total. The Hall–Kier alpha value is -2.67. The number of nitro groups is 1. The molecule has 1 fully saturated rings. The number of amides is 1. The van der Waals surface area contributed by atoms with E-state index < -0.39 is 10.8 Å². The Morgan fingerprint density at radius 1 is 1.20 bits per heavy atom. The Morgan fingerprint density at radius 2 is 1.96 bits per heavy atom. The van der Waals surface area contributed by atoms with Gasteiger partial charge in [0.1, 0.15) is 5.56 Å². The summed E-state index contributed by atoms with van der Waals surface area (Å²) in [7, 11) is 0. The maximum Gasteiger partial charge on any atom is 0.282 e. The van der Waals surface area contributed by atoms with Gasteiger partial charge in [0.25, 0.3) is 11.6 Å². The summed E-state index contributed by atoms with van der Waals surface area (Å²) in [5.41, 5.74) is -0.0980. The number of para-hydroxylation sites is 1. The molecule has 2 heterocycles. The van der Waals surface area contributed by atoms with Gasteiger partial charge in [-0.15, -0.1) is 0 Å². The summed E-state index contributed by atoms with van der Waals surface area (Å²) in [6.45, 7) is 2.45. The Morgan fingerprint density at radius 3 is 2.64 bits per heavy atom. The number of hydrogen-bond acceptors (Lipinski definition) is 4. The third kappa shape index (κ3) is 4.06. The molecule has 0 radical (unpaired) electrons. The fourth-order valence-corrected chi connectivity index (χ4v) is 3.40. The first-order valence-electron chi connectivity index (χ1n) is 8.56. The lowest BCUT2D eigenvalue weighted by atomic mass is 10.1. The molecule has 0 saturated carbocycles. The lowest BCUT2D eigenvalue weighted by molar-refractivity contribution is -0.936. The normalized spacial score (nSPS) is 16.3. The van der Waals surface area contributed by atoms with Gasteiger partial charge in [0.2, 0.25) is 0 Å². The average Bonchev–Trinajstić information content (AvgIpc) is 3.17. The van der Waals surface area contributed by atoms with Crippen LogP contribution < -0.4 is 10.2 Å². The zero-order valence-corrected chi connectivity index (χ0v) is 13.9. The number of carbonyl (C=O) groups is 1. The number of carbonyl (C=O) groups excluding carboxylic acids is 1. The van der Waals surface area contributed by atoms with E-state index in [0.717, 1.165) is 31.7 Å². The molecule has 2 N–H and O–H groups in total. The highest BCUT2D eigenvalue weighted by atomic mass is 16.6. The lowest BCUT2D eigenvalue weighted by Gasteiger charge is -2.30. The number of rotatable bonds is 6. The third-order valence-corrected chi connectivity index (χ3v) is 4.69. The average molecular weight is 344 g/mol. The Bertz CT molecular complexity index is 724. The number of hydrogen-bond donors (Lipinski definition) is 2. The molecule has 1 atom stereocenters. The maximum absolute atomic E-state index is 12.5. The van der Waals surface area contributed by atoms with Crippen molar-refractivity contribution in [2.75, 3.05) is 19.6 Å². The zero-order valence-electron chi connectivity index (χ0n) is 13.9. The molecular formula is C18H22N3O4+. The van der Waals surface area contributed by atoms with Gasteiger partial charge in [-0.1, -0.05) is 12.1 Å². The van der Waals surface area contributed by atoms with E-state index in [4.69, 9.17) is 4.42 Å². The molecular weight excluding hydrogens is 322 g/mol. The summed E-state index contributed by atoms with van der Waals surface area (Å²) in [4.78, 5) is 24.4. The van der Waals surface area contributed by atoms with Crippen molar-refractivity contribution in [3.8, 4) is 0 Å². The van der Waals surface area contributed by atoms with Crippen molar-refractivity contribution in [2.45, 2.75) is 25.3 Å². The molecule has 132 valence electrons. The topological polar surface area (TPSA) is 89.8 Å². The van der Waals surface area contributed by atoms with Crippen LogP contribution in [0.2, 0.25) is 0 Å². The molecule has 0 unspecified atom stereocenters. The van der Waals surface area contributed by atoms with Crippen molar-refractivity contribution in [1.29, 1.82) is 0 Å². The summed E-state index contributed by atoms with van der Waals surface area (Å²) in [6.07, 6.45) is 5.18. The van der Waals surface area contributed by atoms with E-state index in [2.05, 4.69) is 5.32 Å². The van der Waals surface area contributed by atoms with Crippen molar-refractivity contribution in [2.24, 2.45) is 0 Å². The van der Waals surface area contributed by atoms with Crippen LogP contribution in [-0.4, -0.2) is 30.5 Å². The SMILES string of the molecule is O=C(NC[C@H](c1ccco1)[NH+]1CCCCC1)c1ccccc1[N+](=O)[O-]. The van der Waals surface area contributed by atoms with Crippen LogP contribution in [0.1, 0.15) is 41.4 Å². The van der Waals surface area contributed by atoms with Gasteiger partial charge >= 0.3 is 0 Å². The fourth-order valence-electron chi connectivity index (χ4n) is 3.40. The van der Waals surface area contributed by atoms with Crippen LogP contribution in [0, 0.1) is 10.1 Å². The van der Waals surface area contributed by atoms with Gasteiger partial charge < -0.3 is 14.6 Å². The van der Waals surface area contributed by atoms with Crippen molar-refractivity contribution < 1.29 is 19.0 Å². The second-order valence-electron chi connectivity index (χ2n) is 6.27. The van der Waals surface area contributed by atoms with Crippen LogP contribution in [0.15, 0.2) is 47.1 Å². The summed E-state index contributed by atoms with van der Waals surface area (Å²) in [6, 6.07) is 9.78. The van der Waals surface area contributed by atoms with Crippen LogP contribution in [0.3, 0.4) is 0 Å². The summed E-state index contributed by atoms with van der Waals surface area (Å²) in [5, 5.41) is 14.0. The number of nitrogens with one attached hydrogen (secondary N) is 2. The van der Waals surface area contributed by atoms with E-state index >= 15 is 0 Å². The molecule has 1 aromatic heterocycles. The van der Waals surface area contributed by atoms with Crippen molar-refractivity contribution in [3.05, 3.63) is 64.1 Å². The number of nitrogens with zero attached hydrogens (tertiary/aromatic N) is 1. The molecule has 7 heteroatoms. The van der Waals surface area contributed by atoms with E-state index in [0.29, 0.717) is 6.54 Å². The van der Waals surface area contributed by atoms with Crippen LogP contribution in [0.5, 0.6) is 0 Å². The summed E-state index contributed by atoms with van der Waals surface area (Å²) in [5.74, 6) is 0.403. The van der Waals surface area contributed by atoms with Crippen LogP contribution in [-0.2, 0) is 0 Å². The summed E-state index contributed by atoms with van der Waals surface area (Å²) < 4.78 is 5.57. The predicted octanol–water partition coefficient (Wildman–Crippen LogP) is 1.73. The third-order valence-electron chi connectivity index (χ3n) is 4.69. The molecule has 1 aliphatic heterocycles. The number of furan rings is 1. The molecule has 2 aromatic rings. The second-order valence-corrected chi connectivity index (χ2v) is 6.27. The quantitative estimate of drug-likeness (QED) is 0.617. The van der Waals surface area contributed by atoms with E-state index in [-0.39, 0.29) is 17.3 Å². The van der Waals surface area contributed by atoms with Gasteiger partial charge in [-0.25, -0.2) is 0 Å². The van der Waals surface area contributed by atoms with Crippen molar-refractivity contribution >= 4 is 11.6 Å². The standard InChI is InChI=1S/C18H21N3O4/c22-18(14-7-2-3-8-15(14)21(23)24)19-13-16(17-9-6-12-25-17)20-10-4-1-5-11-20/h2-3,6-9,12,16H,1,4-5,10-11,13H2,(H,19,22)/p+1/t16-/m1/s1. The predicted molar refractivity (Wildman–Crippen MR) is 91.4 cm³/mol. The summed E-state index contributed by atoms with van der Waals surface area (Å²) >= 11 is 0. The van der Waals surface area contributed by atoms with Gasteiger partial charge in [0.15, 0.2) is 11.8 Å². The van der Waals surface area contributed by atoms with Crippen molar-refractivity contribution in [1.82, 2.24) is 5.32 Å². The van der Waals surface area contributed by atoms with E-state index in [1.807, 2.05) is 12.1 Å². The number of nitro benzene ring substituents is 1. The molecule has 1 amide bonds. The monoisotopic (exact) mass is 344 g/mol. The van der Waals surface area contributed by atoms with E-state index in [1.54, 1.807) is 18.4 Å². The van der Waals surface area contributed by atoms with Gasteiger partial charge in [0, 0.05) is 6.07 Å². The van der Waals surface area contributed by atoms with Crippen molar-refractivity contribution in [3.63, 3.8) is 0 Å². The lowest BCUT2D eigenvalue weighted by Crippen LogP contribution is -3.13. The molecule has 3 rings (SSSR count). The minimum absolute atomic E-state index is 0.0158. The van der Waals surface area contributed by atoms with Gasteiger partial charge in [-0.05, 0) is 37.5 Å². The first kappa shape index (κ1) is 17.2. The Labute approximate surface area is 145 Å². The largest absolute Gasteiger partial charge is 0.463 e. The molecule has 25 heavy (non-hydrogen) atoms. The first-order chi connectivity index (χ1) is 12.2. The highest BCUT2D eigenvalue weighted by Crippen LogP contribution is 2.18. The molecule has 1 saturated heterocycles. The molecule has 1 aromatic carbocycles. The number of quaternary nitrogens is 1. The van der Waals surface area contributed by atoms with Gasteiger partial charge in [-0.3, -0.25) is 14.9 Å². The second kappa shape index (κ2) is 7.94.